The Balaban J connectivity index is 2.06. The number of ether oxygens (including phenoxy) is 1. The molecule has 1 saturated heterocycles. The van der Waals surface area contributed by atoms with Crippen molar-refractivity contribution >= 4 is 21.8 Å². The molecular formula is C16H23N3O6S. The molecule has 10 heteroatoms. The van der Waals surface area contributed by atoms with Crippen molar-refractivity contribution in [2.75, 3.05) is 32.8 Å². The average Bonchev–Trinajstić information content (AvgIpc) is 2.64. The largest absolute Gasteiger partial charge is 0.395 e. The summed E-state index contributed by atoms with van der Waals surface area (Å²) in [5.41, 5.74) is 0.941. The minimum atomic E-state index is -3.79. The van der Waals surface area contributed by atoms with Crippen LogP contribution in [0.3, 0.4) is 0 Å². The molecule has 0 spiro atoms. The summed E-state index contributed by atoms with van der Waals surface area (Å²) in [6, 6.07) is 6.47. The van der Waals surface area contributed by atoms with E-state index in [0.717, 1.165) is 5.56 Å². The number of hydrogen-bond acceptors (Lipinski definition) is 6. The van der Waals surface area contributed by atoms with E-state index in [-0.39, 0.29) is 31.1 Å². The van der Waals surface area contributed by atoms with Crippen LogP contribution in [0.5, 0.6) is 0 Å². The molecule has 1 aromatic carbocycles. The van der Waals surface area contributed by atoms with E-state index in [2.05, 4.69) is 10.6 Å². The summed E-state index contributed by atoms with van der Waals surface area (Å²) in [4.78, 5) is 23.4. The Bertz CT molecular complexity index is 735. The summed E-state index contributed by atoms with van der Waals surface area (Å²) in [5.74, 6) is -1.82. The van der Waals surface area contributed by atoms with Gasteiger partial charge in [0.1, 0.15) is 6.23 Å². The molecule has 0 unspecified atom stereocenters. The predicted molar refractivity (Wildman–Crippen MR) is 92.5 cm³/mol. The van der Waals surface area contributed by atoms with Gasteiger partial charge >= 0.3 is 11.8 Å². The first kappa shape index (κ1) is 20.3. The van der Waals surface area contributed by atoms with Gasteiger partial charge in [0.15, 0.2) is 0 Å². The third-order valence-electron chi connectivity index (χ3n) is 3.82. The number of benzene rings is 1. The van der Waals surface area contributed by atoms with E-state index >= 15 is 0 Å². The SMILES string of the molecule is Cc1ccc(S(=O)(=O)N2CCCO[C@H]2CNC(=O)C(=O)NCCO)cc1. The Morgan fingerprint density at radius 2 is 1.88 bits per heavy atom. The number of carbonyl (C=O) groups excluding carboxylic acids is 2. The number of aliphatic hydroxyl groups is 1. The van der Waals surface area contributed by atoms with Gasteiger partial charge in [-0.15, -0.1) is 0 Å². The predicted octanol–water partition coefficient (Wildman–Crippen LogP) is -1.04. The molecule has 144 valence electrons. The number of rotatable bonds is 6. The van der Waals surface area contributed by atoms with Gasteiger partial charge in [0.05, 0.1) is 24.7 Å². The molecule has 1 aliphatic heterocycles. The van der Waals surface area contributed by atoms with Gasteiger partial charge in [-0.25, -0.2) is 8.42 Å². The molecule has 0 aromatic heterocycles. The molecule has 26 heavy (non-hydrogen) atoms. The molecule has 0 bridgehead atoms. The van der Waals surface area contributed by atoms with E-state index in [1.807, 2.05) is 6.92 Å². The maximum absolute atomic E-state index is 12.9. The van der Waals surface area contributed by atoms with E-state index in [4.69, 9.17) is 9.84 Å². The molecule has 0 radical (unpaired) electrons. The van der Waals surface area contributed by atoms with Crippen LogP contribution in [0, 0.1) is 6.92 Å². The van der Waals surface area contributed by atoms with Crippen LogP contribution in [0.1, 0.15) is 12.0 Å². The standard InChI is InChI=1S/C16H23N3O6S/c1-12-3-5-13(6-4-12)26(23,24)19-8-2-10-25-14(19)11-18-16(22)15(21)17-7-9-20/h3-6,14,20H,2,7-11H2,1H3,(H,17,21)(H,18,22)/t14-/m0/s1. The van der Waals surface area contributed by atoms with Crippen LogP contribution in [0.25, 0.3) is 0 Å². The van der Waals surface area contributed by atoms with E-state index in [9.17, 15) is 18.0 Å². The van der Waals surface area contributed by atoms with Gasteiger partial charge in [0.25, 0.3) is 0 Å². The fourth-order valence-corrected chi connectivity index (χ4v) is 4.02. The number of nitrogens with one attached hydrogen (secondary N) is 2. The summed E-state index contributed by atoms with van der Waals surface area (Å²) in [6.07, 6.45) is -0.364. The summed E-state index contributed by atoms with van der Waals surface area (Å²) >= 11 is 0. The quantitative estimate of drug-likeness (QED) is 0.537. The normalized spacial score (nSPS) is 18.3. The third-order valence-corrected chi connectivity index (χ3v) is 5.73. The lowest BCUT2D eigenvalue weighted by Gasteiger charge is -2.34. The minimum absolute atomic E-state index is 0.0416. The molecule has 1 atom stereocenters. The van der Waals surface area contributed by atoms with Gasteiger partial charge in [-0.1, -0.05) is 17.7 Å². The van der Waals surface area contributed by atoms with Gasteiger partial charge in [0, 0.05) is 13.1 Å². The fourth-order valence-electron chi connectivity index (χ4n) is 2.46. The van der Waals surface area contributed by atoms with Gasteiger partial charge in [-0.3, -0.25) is 9.59 Å². The van der Waals surface area contributed by atoms with Crippen LogP contribution < -0.4 is 10.6 Å². The zero-order valence-electron chi connectivity index (χ0n) is 14.5. The lowest BCUT2D eigenvalue weighted by Crippen LogP contribution is -2.53. The molecule has 1 fully saturated rings. The minimum Gasteiger partial charge on any atom is -0.395 e. The van der Waals surface area contributed by atoms with E-state index in [1.165, 1.54) is 16.4 Å². The summed E-state index contributed by atoms with van der Waals surface area (Å²) < 4.78 is 32.4. The Hall–Kier alpha value is -2.01. The topological polar surface area (TPSA) is 125 Å². The van der Waals surface area contributed by atoms with Crippen LogP contribution in [0.2, 0.25) is 0 Å². The number of carbonyl (C=O) groups is 2. The van der Waals surface area contributed by atoms with Gasteiger partial charge < -0.3 is 20.5 Å². The van der Waals surface area contributed by atoms with Crippen molar-refractivity contribution in [3.63, 3.8) is 0 Å². The number of amides is 2. The second kappa shape index (κ2) is 9.08. The van der Waals surface area contributed by atoms with Gasteiger partial charge in [0.2, 0.25) is 10.0 Å². The van der Waals surface area contributed by atoms with Gasteiger partial charge in [-0.05, 0) is 25.5 Å². The second-order valence-electron chi connectivity index (χ2n) is 5.80. The zero-order chi connectivity index (χ0) is 19.2. The number of nitrogens with zero attached hydrogens (tertiary/aromatic N) is 1. The molecule has 0 aliphatic carbocycles. The monoisotopic (exact) mass is 385 g/mol. The van der Waals surface area contributed by atoms with Crippen molar-refractivity contribution in [3.8, 4) is 0 Å². The molecule has 2 amide bonds. The Morgan fingerprint density at radius 1 is 1.23 bits per heavy atom. The van der Waals surface area contributed by atoms with Crippen LogP contribution in [0.15, 0.2) is 29.2 Å². The zero-order valence-corrected chi connectivity index (χ0v) is 15.3. The molecule has 1 aromatic rings. The summed E-state index contributed by atoms with van der Waals surface area (Å²) in [6.45, 7) is 2.00. The molecule has 9 nitrogen and oxygen atoms in total. The molecule has 0 saturated carbocycles. The highest BCUT2D eigenvalue weighted by Crippen LogP contribution is 2.22. The molecule has 1 heterocycles. The number of aryl methyl sites for hydroxylation is 1. The Morgan fingerprint density at radius 3 is 2.54 bits per heavy atom. The van der Waals surface area contributed by atoms with Gasteiger partial charge in [-0.2, -0.15) is 4.31 Å². The van der Waals surface area contributed by atoms with Crippen molar-refractivity contribution in [2.24, 2.45) is 0 Å². The van der Waals surface area contributed by atoms with Crippen molar-refractivity contribution in [2.45, 2.75) is 24.5 Å². The molecule has 3 N–H and O–H groups in total. The van der Waals surface area contributed by atoms with Crippen molar-refractivity contribution in [3.05, 3.63) is 29.8 Å². The van der Waals surface area contributed by atoms with Crippen molar-refractivity contribution in [1.82, 2.24) is 14.9 Å². The molecule has 2 rings (SSSR count). The number of aliphatic hydroxyl groups excluding tert-OH is 1. The Labute approximate surface area is 152 Å². The van der Waals surface area contributed by atoms with Crippen molar-refractivity contribution in [1.29, 1.82) is 0 Å². The lowest BCUT2D eigenvalue weighted by molar-refractivity contribution is -0.140. The second-order valence-corrected chi connectivity index (χ2v) is 7.69. The highest BCUT2D eigenvalue weighted by molar-refractivity contribution is 7.89. The van der Waals surface area contributed by atoms with E-state index in [0.29, 0.717) is 13.0 Å². The van der Waals surface area contributed by atoms with Crippen LogP contribution in [0.4, 0.5) is 0 Å². The highest BCUT2D eigenvalue weighted by atomic mass is 32.2. The highest BCUT2D eigenvalue weighted by Gasteiger charge is 2.34. The number of hydrogen-bond donors (Lipinski definition) is 3. The van der Waals surface area contributed by atoms with Crippen LogP contribution in [-0.2, 0) is 24.3 Å². The average molecular weight is 385 g/mol. The van der Waals surface area contributed by atoms with E-state index < -0.39 is 28.1 Å². The fraction of sp³-hybridized carbons (Fsp3) is 0.500. The Kier molecular flexibility index (Phi) is 7.09. The summed E-state index contributed by atoms with van der Waals surface area (Å²) in [5, 5.41) is 13.2. The first-order valence-corrected chi connectivity index (χ1v) is 9.67. The maximum Gasteiger partial charge on any atom is 0.309 e. The maximum atomic E-state index is 12.9. The first-order valence-electron chi connectivity index (χ1n) is 8.23. The molecular weight excluding hydrogens is 362 g/mol. The summed E-state index contributed by atoms with van der Waals surface area (Å²) in [7, 11) is -3.79. The van der Waals surface area contributed by atoms with E-state index in [1.54, 1.807) is 12.1 Å². The van der Waals surface area contributed by atoms with Crippen molar-refractivity contribution < 1.29 is 27.9 Å². The number of sulfonamides is 1. The molecule has 1 aliphatic rings. The smallest absolute Gasteiger partial charge is 0.309 e. The third kappa shape index (κ3) is 5.01. The lowest BCUT2D eigenvalue weighted by atomic mass is 10.2. The first-order chi connectivity index (χ1) is 12.4. The van der Waals surface area contributed by atoms with Crippen LogP contribution in [-0.4, -0.2) is 68.7 Å². The van der Waals surface area contributed by atoms with Crippen LogP contribution >= 0.6 is 0 Å².